The Morgan fingerprint density at radius 3 is 2.34 bits per heavy atom. The summed E-state index contributed by atoms with van der Waals surface area (Å²) >= 11 is 6.10. The highest BCUT2D eigenvalue weighted by atomic mass is 35.5. The number of benzene rings is 2. The Morgan fingerprint density at radius 1 is 1.00 bits per heavy atom. The molecule has 0 spiro atoms. The maximum absolute atomic E-state index is 12.7. The number of nitro benzene ring substituents is 1. The van der Waals surface area contributed by atoms with Gasteiger partial charge in [0.2, 0.25) is 0 Å². The van der Waals surface area contributed by atoms with Crippen molar-refractivity contribution >= 4 is 40.8 Å². The number of halogens is 1. The second-order valence-electron chi connectivity index (χ2n) is 6.28. The number of nitrogens with one attached hydrogen (secondary N) is 1. The Hall–Kier alpha value is -4.18. The SMILES string of the molecule is COC(=O)c1ccc(C(=O)OC)c(NC(=O)c2ccc(-c3ccc([N+](=O)[O-])cc3Cl)o2)c1. The van der Waals surface area contributed by atoms with Gasteiger partial charge >= 0.3 is 11.9 Å². The van der Waals surface area contributed by atoms with E-state index in [0.717, 1.165) is 0 Å². The molecule has 0 bridgehead atoms. The Kier molecular flexibility index (Phi) is 6.55. The molecule has 0 aliphatic carbocycles. The molecule has 0 saturated carbocycles. The standard InChI is InChI=1S/C21H15ClN2O8/c1-30-20(26)11-3-5-14(21(27)31-2)16(9-11)23-19(25)18-8-7-17(32-18)13-6-4-12(24(28)29)10-15(13)22/h3-10H,1-2H3,(H,23,25). The predicted octanol–water partition coefficient (Wildman–Crippen LogP) is 4.33. The molecule has 3 rings (SSSR count). The summed E-state index contributed by atoms with van der Waals surface area (Å²) in [5, 5.41) is 13.4. The van der Waals surface area contributed by atoms with E-state index < -0.39 is 22.8 Å². The third-order valence-corrected chi connectivity index (χ3v) is 4.67. The fraction of sp³-hybridized carbons (Fsp3) is 0.0952. The van der Waals surface area contributed by atoms with Crippen LogP contribution in [0.2, 0.25) is 5.02 Å². The Bertz CT molecular complexity index is 1230. The molecule has 10 nitrogen and oxygen atoms in total. The van der Waals surface area contributed by atoms with Crippen molar-refractivity contribution in [2.75, 3.05) is 19.5 Å². The monoisotopic (exact) mass is 458 g/mol. The zero-order valence-corrected chi connectivity index (χ0v) is 17.5. The van der Waals surface area contributed by atoms with Gasteiger partial charge in [-0.05, 0) is 36.4 Å². The molecule has 1 heterocycles. The van der Waals surface area contributed by atoms with Crippen molar-refractivity contribution in [1.29, 1.82) is 0 Å². The molecule has 2 aromatic carbocycles. The highest BCUT2D eigenvalue weighted by Gasteiger charge is 2.20. The molecule has 164 valence electrons. The Balaban J connectivity index is 1.90. The summed E-state index contributed by atoms with van der Waals surface area (Å²) in [5.74, 6) is -2.04. The minimum absolute atomic E-state index is 0.0102. The number of ether oxygens (including phenoxy) is 2. The molecule has 0 saturated heterocycles. The molecule has 0 unspecified atom stereocenters. The highest BCUT2D eigenvalue weighted by molar-refractivity contribution is 6.33. The summed E-state index contributed by atoms with van der Waals surface area (Å²) in [5.41, 5.74) is 0.284. The van der Waals surface area contributed by atoms with Crippen molar-refractivity contribution < 1.29 is 33.2 Å². The number of hydrogen-bond donors (Lipinski definition) is 1. The third-order valence-electron chi connectivity index (χ3n) is 4.35. The van der Waals surface area contributed by atoms with Gasteiger partial charge in [0.1, 0.15) is 5.76 Å². The van der Waals surface area contributed by atoms with Gasteiger partial charge in [-0.25, -0.2) is 9.59 Å². The van der Waals surface area contributed by atoms with Crippen LogP contribution in [-0.2, 0) is 9.47 Å². The van der Waals surface area contributed by atoms with E-state index in [-0.39, 0.29) is 39.0 Å². The lowest BCUT2D eigenvalue weighted by Gasteiger charge is -2.10. The number of anilines is 1. The van der Waals surface area contributed by atoms with Crippen molar-refractivity contribution in [3.63, 3.8) is 0 Å². The number of rotatable bonds is 6. The lowest BCUT2D eigenvalue weighted by atomic mass is 10.1. The van der Waals surface area contributed by atoms with Crippen molar-refractivity contribution in [3.8, 4) is 11.3 Å². The van der Waals surface area contributed by atoms with Crippen LogP contribution in [0.3, 0.4) is 0 Å². The van der Waals surface area contributed by atoms with Crippen LogP contribution in [0.5, 0.6) is 0 Å². The molecule has 3 aromatic rings. The molecule has 32 heavy (non-hydrogen) atoms. The van der Waals surface area contributed by atoms with Crippen LogP contribution in [0.25, 0.3) is 11.3 Å². The van der Waals surface area contributed by atoms with Crippen LogP contribution in [0, 0.1) is 10.1 Å². The van der Waals surface area contributed by atoms with Crippen LogP contribution in [0.15, 0.2) is 52.9 Å². The minimum atomic E-state index is -0.727. The summed E-state index contributed by atoms with van der Waals surface area (Å²) in [7, 11) is 2.37. The number of nitrogens with zero attached hydrogens (tertiary/aromatic N) is 1. The van der Waals surface area contributed by atoms with Crippen LogP contribution in [0.4, 0.5) is 11.4 Å². The van der Waals surface area contributed by atoms with Gasteiger partial charge in [-0.15, -0.1) is 0 Å². The largest absolute Gasteiger partial charge is 0.465 e. The summed E-state index contributed by atoms with van der Waals surface area (Å²) in [6.07, 6.45) is 0. The summed E-state index contributed by atoms with van der Waals surface area (Å²) in [4.78, 5) is 46.8. The molecule has 0 radical (unpaired) electrons. The zero-order chi connectivity index (χ0) is 23.4. The molecule has 0 atom stereocenters. The molecule has 0 aliphatic rings. The maximum atomic E-state index is 12.7. The molecule has 1 amide bonds. The number of nitro groups is 1. The van der Waals surface area contributed by atoms with E-state index in [0.29, 0.717) is 5.56 Å². The van der Waals surface area contributed by atoms with Gasteiger partial charge in [-0.3, -0.25) is 14.9 Å². The summed E-state index contributed by atoms with van der Waals surface area (Å²) in [6, 6.07) is 10.6. The van der Waals surface area contributed by atoms with Gasteiger partial charge in [0.05, 0.1) is 41.0 Å². The molecule has 11 heteroatoms. The number of esters is 2. The molecular formula is C21H15ClN2O8. The molecule has 1 N–H and O–H groups in total. The quantitative estimate of drug-likeness (QED) is 0.327. The van der Waals surface area contributed by atoms with Crippen molar-refractivity contribution in [2.45, 2.75) is 0 Å². The Labute approximate surface area is 185 Å². The first kappa shape index (κ1) is 22.5. The number of non-ortho nitro benzene ring substituents is 1. The average molecular weight is 459 g/mol. The second kappa shape index (κ2) is 9.31. The van der Waals surface area contributed by atoms with E-state index in [9.17, 15) is 24.5 Å². The maximum Gasteiger partial charge on any atom is 0.339 e. The number of carbonyl (C=O) groups is 3. The molecular weight excluding hydrogens is 444 g/mol. The number of hydrogen-bond acceptors (Lipinski definition) is 8. The molecule has 1 aromatic heterocycles. The van der Waals surface area contributed by atoms with Gasteiger partial charge in [0, 0.05) is 17.7 Å². The smallest absolute Gasteiger partial charge is 0.339 e. The first-order valence-corrected chi connectivity index (χ1v) is 9.29. The molecule has 0 fully saturated rings. The Morgan fingerprint density at radius 2 is 1.72 bits per heavy atom. The van der Waals surface area contributed by atoms with Gasteiger partial charge in [-0.1, -0.05) is 11.6 Å². The zero-order valence-electron chi connectivity index (χ0n) is 16.7. The topological polar surface area (TPSA) is 138 Å². The number of carbonyl (C=O) groups excluding carboxylic acids is 3. The van der Waals surface area contributed by atoms with Crippen molar-refractivity contribution in [1.82, 2.24) is 0 Å². The number of amides is 1. The first-order chi connectivity index (χ1) is 15.2. The van der Waals surface area contributed by atoms with Gasteiger partial charge < -0.3 is 19.2 Å². The lowest BCUT2D eigenvalue weighted by Crippen LogP contribution is -2.16. The van der Waals surface area contributed by atoms with E-state index in [2.05, 4.69) is 10.1 Å². The lowest BCUT2D eigenvalue weighted by molar-refractivity contribution is -0.384. The van der Waals surface area contributed by atoms with E-state index in [1.54, 1.807) is 0 Å². The van der Waals surface area contributed by atoms with Crippen molar-refractivity contribution in [2.24, 2.45) is 0 Å². The van der Waals surface area contributed by atoms with E-state index >= 15 is 0 Å². The summed E-state index contributed by atoms with van der Waals surface area (Å²) in [6.45, 7) is 0. The molecule has 0 aliphatic heterocycles. The van der Waals surface area contributed by atoms with Crippen LogP contribution >= 0.6 is 11.6 Å². The predicted molar refractivity (Wildman–Crippen MR) is 113 cm³/mol. The van der Waals surface area contributed by atoms with E-state index in [4.69, 9.17) is 20.8 Å². The van der Waals surface area contributed by atoms with E-state index in [1.807, 2.05) is 0 Å². The number of methoxy groups -OCH3 is 2. The normalized spacial score (nSPS) is 10.3. The number of furan rings is 1. The summed E-state index contributed by atoms with van der Waals surface area (Å²) < 4.78 is 14.9. The van der Waals surface area contributed by atoms with Crippen LogP contribution in [0.1, 0.15) is 31.3 Å². The van der Waals surface area contributed by atoms with Gasteiger partial charge in [0.15, 0.2) is 5.76 Å². The van der Waals surface area contributed by atoms with Gasteiger partial charge in [0.25, 0.3) is 11.6 Å². The minimum Gasteiger partial charge on any atom is -0.465 e. The van der Waals surface area contributed by atoms with Crippen LogP contribution in [-0.4, -0.2) is 37.0 Å². The second-order valence-corrected chi connectivity index (χ2v) is 6.69. The van der Waals surface area contributed by atoms with Crippen molar-refractivity contribution in [3.05, 3.63) is 80.6 Å². The van der Waals surface area contributed by atoms with Crippen LogP contribution < -0.4 is 5.32 Å². The first-order valence-electron chi connectivity index (χ1n) is 8.91. The fourth-order valence-corrected chi connectivity index (χ4v) is 3.05. The van der Waals surface area contributed by atoms with E-state index in [1.165, 1.54) is 62.8 Å². The average Bonchev–Trinajstić information content (AvgIpc) is 3.28. The van der Waals surface area contributed by atoms with Gasteiger partial charge in [-0.2, -0.15) is 0 Å². The third kappa shape index (κ3) is 4.60. The highest BCUT2D eigenvalue weighted by Crippen LogP contribution is 2.32. The fourth-order valence-electron chi connectivity index (χ4n) is 2.79.